The van der Waals surface area contributed by atoms with Gasteiger partial charge in [-0.15, -0.1) is 12.4 Å². The Bertz CT molecular complexity index is 1160. The van der Waals surface area contributed by atoms with Crippen LogP contribution in [0.1, 0.15) is 16.1 Å². The lowest BCUT2D eigenvalue weighted by molar-refractivity contribution is 0.102. The fourth-order valence-electron chi connectivity index (χ4n) is 3.45. The van der Waals surface area contributed by atoms with Gasteiger partial charge in [0.05, 0.1) is 29.6 Å². The Kier molecular flexibility index (Phi) is 6.15. The maximum Gasteiger partial charge on any atom is 0.258 e. The summed E-state index contributed by atoms with van der Waals surface area (Å²) in [6.45, 7) is 1.87. The number of nitrogens with zero attached hydrogens (tertiary/aromatic N) is 1. The number of para-hydroxylation sites is 3. The van der Waals surface area contributed by atoms with Crippen LogP contribution < -0.4 is 10.1 Å². The summed E-state index contributed by atoms with van der Waals surface area (Å²) in [4.78, 5) is 18.0. The number of pyridine rings is 1. The number of amides is 1. The summed E-state index contributed by atoms with van der Waals surface area (Å²) in [6, 6.07) is 25.2. The number of rotatable bonds is 4. The molecular weight excluding hydrogens is 384 g/mol. The molecule has 5 heteroatoms. The minimum absolute atomic E-state index is 0. The fraction of sp³-hybridized carbons (Fsp3) is 0.0833. The van der Waals surface area contributed by atoms with E-state index in [4.69, 9.17) is 4.74 Å². The van der Waals surface area contributed by atoms with Gasteiger partial charge in [-0.3, -0.25) is 9.78 Å². The quantitative estimate of drug-likeness (QED) is 0.461. The zero-order chi connectivity index (χ0) is 19.5. The van der Waals surface area contributed by atoms with Crippen LogP contribution in [0.15, 0.2) is 78.9 Å². The van der Waals surface area contributed by atoms with Gasteiger partial charge in [0.1, 0.15) is 5.75 Å². The summed E-state index contributed by atoms with van der Waals surface area (Å²) in [5, 5.41) is 3.94. The molecule has 0 saturated carbocycles. The molecule has 1 amide bonds. The largest absolute Gasteiger partial charge is 0.495 e. The van der Waals surface area contributed by atoms with Crippen LogP contribution >= 0.6 is 12.4 Å². The standard InChI is InChI=1S/C24H20N2O2.ClH/c1-16-22(24(27)26-20-14-8-9-15-21(20)28-2)23(17-10-4-3-5-11-17)18-12-6-7-13-19(18)25-16;/h3-15H,1-2H3,(H,26,27);1H. The summed E-state index contributed by atoms with van der Waals surface area (Å²) < 4.78 is 5.37. The van der Waals surface area contributed by atoms with Crippen molar-refractivity contribution in [1.29, 1.82) is 0 Å². The highest BCUT2D eigenvalue weighted by Crippen LogP contribution is 2.34. The van der Waals surface area contributed by atoms with Gasteiger partial charge in [0.15, 0.2) is 0 Å². The number of ether oxygens (including phenoxy) is 1. The average molecular weight is 405 g/mol. The molecule has 0 aliphatic rings. The maximum absolute atomic E-state index is 13.3. The van der Waals surface area contributed by atoms with Gasteiger partial charge in [-0.25, -0.2) is 0 Å². The number of hydrogen-bond donors (Lipinski definition) is 1. The number of aromatic nitrogens is 1. The molecule has 1 heterocycles. The van der Waals surface area contributed by atoms with Crippen molar-refractivity contribution in [3.8, 4) is 16.9 Å². The van der Waals surface area contributed by atoms with Crippen LogP contribution in [0.25, 0.3) is 22.0 Å². The summed E-state index contributed by atoms with van der Waals surface area (Å²) in [7, 11) is 1.59. The van der Waals surface area contributed by atoms with Crippen LogP contribution in [0.4, 0.5) is 5.69 Å². The van der Waals surface area contributed by atoms with E-state index < -0.39 is 0 Å². The van der Waals surface area contributed by atoms with Gasteiger partial charge in [0.2, 0.25) is 0 Å². The maximum atomic E-state index is 13.3. The molecule has 1 aromatic heterocycles. The third-order valence-corrected chi connectivity index (χ3v) is 4.72. The van der Waals surface area contributed by atoms with E-state index >= 15 is 0 Å². The Morgan fingerprint density at radius 1 is 0.897 bits per heavy atom. The molecule has 3 aromatic carbocycles. The first-order valence-electron chi connectivity index (χ1n) is 9.08. The molecule has 29 heavy (non-hydrogen) atoms. The molecule has 0 radical (unpaired) electrons. The number of nitrogens with one attached hydrogen (secondary N) is 1. The van der Waals surface area contributed by atoms with Gasteiger partial charge in [-0.05, 0) is 30.7 Å². The van der Waals surface area contributed by atoms with Gasteiger partial charge >= 0.3 is 0 Å². The first-order chi connectivity index (χ1) is 13.7. The van der Waals surface area contributed by atoms with E-state index in [1.807, 2.05) is 85.8 Å². The number of hydrogen-bond acceptors (Lipinski definition) is 3. The van der Waals surface area contributed by atoms with Gasteiger partial charge < -0.3 is 10.1 Å². The number of halogens is 1. The Balaban J connectivity index is 0.00000240. The van der Waals surface area contributed by atoms with Crippen LogP contribution in [-0.4, -0.2) is 18.0 Å². The Labute approximate surface area is 176 Å². The number of benzene rings is 3. The van der Waals surface area contributed by atoms with Crippen molar-refractivity contribution in [1.82, 2.24) is 4.98 Å². The second-order valence-corrected chi connectivity index (χ2v) is 6.48. The van der Waals surface area contributed by atoms with Crippen LogP contribution in [0, 0.1) is 6.92 Å². The summed E-state index contributed by atoms with van der Waals surface area (Å²) in [5.74, 6) is 0.405. The molecule has 1 N–H and O–H groups in total. The van der Waals surface area contributed by atoms with E-state index in [1.54, 1.807) is 7.11 Å². The smallest absolute Gasteiger partial charge is 0.258 e. The normalized spacial score (nSPS) is 10.3. The Hall–Kier alpha value is -3.37. The number of anilines is 1. The zero-order valence-corrected chi connectivity index (χ0v) is 17.0. The van der Waals surface area contributed by atoms with E-state index in [9.17, 15) is 4.79 Å². The first-order valence-corrected chi connectivity index (χ1v) is 9.08. The van der Waals surface area contributed by atoms with Crippen LogP contribution in [0.5, 0.6) is 5.75 Å². The summed E-state index contributed by atoms with van der Waals surface area (Å²) in [5.41, 5.74) is 4.61. The van der Waals surface area contributed by atoms with Crippen molar-refractivity contribution in [3.63, 3.8) is 0 Å². The SMILES string of the molecule is COc1ccccc1NC(=O)c1c(C)nc2ccccc2c1-c1ccccc1.Cl. The number of aryl methyl sites for hydroxylation is 1. The second kappa shape index (κ2) is 8.76. The highest BCUT2D eigenvalue weighted by molar-refractivity contribution is 6.14. The van der Waals surface area contributed by atoms with Crippen molar-refractivity contribution >= 4 is 34.9 Å². The lowest BCUT2D eigenvalue weighted by Gasteiger charge is -2.16. The topological polar surface area (TPSA) is 51.2 Å². The molecule has 0 aliphatic heterocycles. The summed E-state index contributed by atoms with van der Waals surface area (Å²) >= 11 is 0. The molecule has 146 valence electrons. The molecule has 0 aliphatic carbocycles. The average Bonchev–Trinajstić information content (AvgIpc) is 2.73. The third kappa shape index (κ3) is 3.93. The van der Waals surface area contributed by atoms with E-state index in [1.165, 1.54) is 0 Å². The van der Waals surface area contributed by atoms with Crippen LogP contribution in [0.2, 0.25) is 0 Å². The molecule has 4 aromatic rings. The molecule has 0 atom stereocenters. The molecule has 0 fully saturated rings. The van der Waals surface area contributed by atoms with Gasteiger partial charge in [-0.1, -0.05) is 60.7 Å². The predicted molar refractivity (Wildman–Crippen MR) is 120 cm³/mol. The fourth-order valence-corrected chi connectivity index (χ4v) is 3.45. The molecule has 0 bridgehead atoms. The monoisotopic (exact) mass is 404 g/mol. The first kappa shape index (κ1) is 20.4. The lowest BCUT2D eigenvalue weighted by atomic mass is 9.94. The second-order valence-electron chi connectivity index (χ2n) is 6.48. The zero-order valence-electron chi connectivity index (χ0n) is 16.2. The van der Waals surface area contributed by atoms with Crippen molar-refractivity contribution in [3.05, 3.63) is 90.1 Å². The minimum atomic E-state index is -0.209. The third-order valence-electron chi connectivity index (χ3n) is 4.72. The molecule has 4 nitrogen and oxygen atoms in total. The number of carbonyl (C=O) groups is 1. The molecule has 0 unspecified atom stereocenters. The number of carbonyl (C=O) groups excluding carboxylic acids is 1. The Morgan fingerprint density at radius 3 is 2.31 bits per heavy atom. The van der Waals surface area contributed by atoms with Crippen molar-refractivity contribution < 1.29 is 9.53 Å². The molecule has 0 saturated heterocycles. The van der Waals surface area contributed by atoms with E-state index in [-0.39, 0.29) is 18.3 Å². The van der Waals surface area contributed by atoms with Gasteiger partial charge in [-0.2, -0.15) is 0 Å². The van der Waals surface area contributed by atoms with Crippen LogP contribution in [-0.2, 0) is 0 Å². The van der Waals surface area contributed by atoms with E-state index in [0.717, 1.165) is 22.0 Å². The highest BCUT2D eigenvalue weighted by atomic mass is 35.5. The van der Waals surface area contributed by atoms with Gasteiger partial charge in [0, 0.05) is 10.9 Å². The van der Waals surface area contributed by atoms with E-state index in [0.29, 0.717) is 22.7 Å². The van der Waals surface area contributed by atoms with Crippen LogP contribution in [0.3, 0.4) is 0 Å². The van der Waals surface area contributed by atoms with Gasteiger partial charge in [0.25, 0.3) is 5.91 Å². The predicted octanol–water partition coefficient (Wildman–Crippen LogP) is 5.89. The molecule has 0 spiro atoms. The molecule has 4 rings (SSSR count). The highest BCUT2D eigenvalue weighted by Gasteiger charge is 2.21. The van der Waals surface area contributed by atoms with Crippen molar-refractivity contribution in [2.45, 2.75) is 6.92 Å². The Morgan fingerprint density at radius 2 is 1.55 bits per heavy atom. The minimum Gasteiger partial charge on any atom is -0.495 e. The van der Waals surface area contributed by atoms with E-state index in [2.05, 4.69) is 10.3 Å². The number of fused-ring (bicyclic) bond motifs is 1. The van der Waals surface area contributed by atoms with Crippen molar-refractivity contribution in [2.24, 2.45) is 0 Å². The summed E-state index contributed by atoms with van der Waals surface area (Å²) in [6.07, 6.45) is 0. The molecular formula is C24H21ClN2O2. The number of methoxy groups -OCH3 is 1. The van der Waals surface area contributed by atoms with Crippen molar-refractivity contribution in [2.75, 3.05) is 12.4 Å². The lowest BCUT2D eigenvalue weighted by Crippen LogP contribution is -2.16.